The van der Waals surface area contributed by atoms with Crippen LogP contribution < -0.4 is 4.74 Å². The summed E-state index contributed by atoms with van der Waals surface area (Å²) in [7, 11) is 0. The molecule has 84 valence electrons. The zero-order chi connectivity index (χ0) is 11.3. The highest BCUT2D eigenvalue weighted by Crippen LogP contribution is 2.22. The molecule has 0 aliphatic carbocycles. The fourth-order valence-corrected chi connectivity index (χ4v) is 1.14. The van der Waals surface area contributed by atoms with Gasteiger partial charge in [-0.3, -0.25) is 0 Å². The van der Waals surface area contributed by atoms with Crippen LogP contribution in [-0.2, 0) is 6.61 Å². The third-order valence-corrected chi connectivity index (χ3v) is 1.99. The summed E-state index contributed by atoms with van der Waals surface area (Å²) >= 11 is 0. The number of rotatable bonds is 5. The van der Waals surface area contributed by atoms with Gasteiger partial charge in [-0.25, -0.2) is 4.39 Å². The molecule has 0 fully saturated rings. The molecule has 1 rings (SSSR count). The summed E-state index contributed by atoms with van der Waals surface area (Å²) in [6.45, 7) is 1.99. The number of aliphatic hydroxyl groups excluding tert-OH is 1. The summed E-state index contributed by atoms with van der Waals surface area (Å²) in [5.74, 6) is -2.12. The Kier molecular flexibility index (Phi) is 4.49. The first-order chi connectivity index (χ1) is 7.19. The highest BCUT2D eigenvalue weighted by Gasteiger charge is 2.11. The summed E-state index contributed by atoms with van der Waals surface area (Å²) in [5, 5.41) is 8.80. The zero-order valence-corrected chi connectivity index (χ0v) is 8.59. The molecule has 0 saturated heterocycles. The van der Waals surface area contributed by atoms with Crippen molar-refractivity contribution < 1.29 is 18.6 Å². The first kappa shape index (κ1) is 11.9. The van der Waals surface area contributed by atoms with Gasteiger partial charge in [0.15, 0.2) is 11.6 Å². The summed E-state index contributed by atoms with van der Waals surface area (Å²) in [4.78, 5) is 0. The third kappa shape index (κ3) is 3.16. The molecule has 0 unspecified atom stereocenters. The molecule has 0 saturated carbocycles. The Morgan fingerprint density at radius 3 is 2.67 bits per heavy atom. The lowest BCUT2D eigenvalue weighted by atomic mass is 10.2. The predicted octanol–water partition coefficient (Wildman–Crippen LogP) is 2.64. The number of benzene rings is 1. The predicted molar refractivity (Wildman–Crippen MR) is 52.7 cm³/mol. The monoisotopic (exact) mass is 216 g/mol. The molecule has 0 amide bonds. The van der Waals surface area contributed by atoms with Crippen molar-refractivity contribution in [1.82, 2.24) is 0 Å². The summed E-state index contributed by atoms with van der Waals surface area (Å²) in [5.41, 5.74) is 0.306. The summed E-state index contributed by atoms with van der Waals surface area (Å²) in [6.07, 6.45) is 1.70. The topological polar surface area (TPSA) is 29.5 Å². The molecule has 4 heteroatoms. The Labute approximate surface area is 87.5 Å². The van der Waals surface area contributed by atoms with Crippen LogP contribution in [0.2, 0.25) is 0 Å². The maximum Gasteiger partial charge on any atom is 0.200 e. The molecule has 0 radical (unpaired) electrons. The lowest BCUT2D eigenvalue weighted by Crippen LogP contribution is -2.01. The molecule has 0 atom stereocenters. The smallest absolute Gasteiger partial charge is 0.200 e. The van der Waals surface area contributed by atoms with E-state index in [1.165, 1.54) is 6.07 Å². The normalized spacial score (nSPS) is 10.4. The zero-order valence-electron chi connectivity index (χ0n) is 8.59. The molecule has 1 aromatic carbocycles. The SMILES string of the molecule is CCCCOc1cc(CO)cc(F)c1F. The van der Waals surface area contributed by atoms with Crippen LogP contribution in [0.5, 0.6) is 5.75 Å². The summed E-state index contributed by atoms with van der Waals surface area (Å²) in [6, 6.07) is 2.27. The number of hydrogen-bond acceptors (Lipinski definition) is 2. The Hall–Kier alpha value is -1.16. The molecule has 15 heavy (non-hydrogen) atoms. The van der Waals surface area contributed by atoms with E-state index in [-0.39, 0.29) is 12.4 Å². The second-order valence-electron chi connectivity index (χ2n) is 3.25. The first-order valence-corrected chi connectivity index (χ1v) is 4.90. The van der Waals surface area contributed by atoms with Crippen LogP contribution in [0.15, 0.2) is 12.1 Å². The van der Waals surface area contributed by atoms with Crippen molar-refractivity contribution in [3.8, 4) is 5.75 Å². The van der Waals surface area contributed by atoms with Gasteiger partial charge < -0.3 is 9.84 Å². The second-order valence-corrected chi connectivity index (χ2v) is 3.25. The molecular weight excluding hydrogens is 202 g/mol. The molecule has 1 N–H and O–H groups in total. The minimum absolute atomic E-state index is 0.132. The van der Waals surface area contributed by atoms with Crippen LogP contribution >= 0.6 is 0 Å². The second kappa shape index (κ2) is 5.66. The Bertz CT molecular complexity index is 327. The molecule has 0 aliphatic heterocycles. The van der Waals surface area contributed by atoms with Crippen molar-refractivity contribution in [2.45, 2.75) is 26.4 Å². The van der Waals surface area contributed by atoms with Crippen molar-refractivity contribution in [2.75, 3.05) is 6.61 Å². The van der Waals surface area contributed by atoms with E-state index in [9.17, 15) is 8.78 Å². The Morgan fingerprint density at radius 1 is 1.33 bits per heavy atom. The molecule has 0 heterocycles. The maximum absolute atomic E-state index is 13.2. The standard InChI is InChI=1S/C11H14F2O2/c1-2-3-4-15-10-6-8(7-14)5-9(12)11(10)13/h5-6,14H,2-4,7H2,1H3. The van der Waals surface area contributed by atoms with E-state index < -0.39 is 11.6 Å². The van der Waals surface area contributed by atoms with Crippen LogP contribution in [0.1, 0.15) is 25.3 Å². The Morgan fingerprint density at radius 2 is 2.07 bits per heavy atom. The van der Waals surface area contributed by atoms with Gasteiger partial charge in [0.25, 0.3) is 0 Å². The molecule has 0 aromatic heterocycles. The largest absolute Gasteiger partial charge is 0.490 e. The third-order valence-electron chi connectivity index (χ3n) is 1.99. The van der Waals surface area contributed by atoms with Crippen molar-refractivity contribution in [2.24, 2.45) is 0 Å². The lowest BCUT2D eigenvalue weighted by Gasteiger charge is -2.08. The molecule has 2 nitrogen and oxygen atoms in total. The van der Waals surface area contributed by atoms with Gasteiger partial charge in [0, 0.05) is 0 Å². The van der Waals surface area contributed by atoms with Crippen molar-refractivity contribution in [3.63, 3.8) is 0 Å². The molecule has 0 bridgehead atoms. The number of aliphatic hydroxyl groups is 1. The van der Waals surface area contributed by atoms with E-state index in [0.717, 1.165) is 18.9 Å². The van der Waals surface area contributed by atoms with E-state index in [2.05, 4.69) is 0 Å². The summed E-state index contributed by atoms with van der Waals surface area (Å²) < 4.78 is 31.2. The van der Waals surface area contributed by atoms with Gasteiger partial charge in [-0.1, -0.05) is 13.3 Å². The van der Waals surface area contributed by atoms with Crippen LogP contribution in [0.3, 0.4) is 0 Å². The van der Waals surface area contributed by atoms with Crippen molar-refractivity contribution in [3.05, 3.63) is 29.3 Å². The molecule has 1 aromatic rings. The van der Waals surface area contributed by atoms with Gasteiger partial charge in [0.05, 0.1) is 13.2 Å². The first-order valence-electron chi connectivity index (χ1n) is 4.90. The van der Waals surface area contributed by atoms with Gasteiger partial charge in [-0.15, -0.1) is 0 Å². The van der Waals surface area contributed by atoms with Crippen molar-refractivity contribution >= 4 is 0 Å². The minimum atomic E-state index is -0.997. The van der Waals surface area contributed by atoms with E-state index in [1.54, 1.807) is 0 Å². The quantitative estimate of drug-likeness (QED) is 0.767. The van der Waals surface area contributed by atoms with Crippen molar-refractivity contribution in [1.29, 1.82) is 0 Å². The van der Waals surface area contributed by atoms with E-state index >= 15 is 0 Å². The average Bonchev–Trinajstić information content (AvgIpc) is 2.24. The van der Waals surface area contributed by atoms with Gasteiger partial charge >= 0.3 is 0 Å². The van der Waals surface area contributed by atoms with Gasteiger partial charge in [0.1, 0.15) is 0 Å². The minimum Gasteiger partial charge on any atom is -0.490 e. The average molecular weight is 216 g/mol. The molecule has 0 aliphatic rings. The van der Waals surface area contributed by atoms with Gasteiger partial charge in [-0.05, 0) is 24.1 Å². The highest BCUT2D eigenvalue weighted by molar-refractivity contribution is 5.31. The van der Waals surface area contributed by atoms with Gasteiger partial charge in [-0.2, -0.15) is 4.39 Å². The maximum atomic E-state index is 13.2. The number of halogens is 2. The van der Waals surface area contributed by atoms with Crippen LogP contribution in [-0.4, -0.2) is 11.7 Å². The van der Waals surface area contributed by atoms with E-state index in [4.69, 9.17) is 9.84 Å². The van der Waals surface area contributed by atoms with Crippen LogP contribution in [0, 0.1) is 11.6 Å². The number of hydrogen-bond donors (Lipinski definition) is 1. The number of unbranched alkanes of at least 4 members (excludes halogenated alkanes) is 1. The van der Waals surface area contributed by atoms with E-state index in [0.29, 0.717) is 12.2 Å². The van der Waals surface area contributed by atoms with Crippen LogP contribution in [0.25, 0.3) is 0 Å². The molecular formula is C11H14F2O2. The number of ether oxygens (including phenoxy) is 1. The highest BCUT2D eigenvalue weighted by atomic mass is 19.2. The molecule has 0 spiro atoms. The van der Waals surface area contributed by atoms with Gasteiger partial charge in [0.2, 0.25) is 5.82 Å². The lowest BCUT2D eigenvalue weighted by molar-refractivity contribution is 0.271. The fourth-order valence-electron chi connectivity index (χ4n) is 1.14. The fraction of sp³-hybridized carbons (Fsp3) is 0.455. The van der Waals surface area contributed by atoms with E-state index in [1.807, 2.05) is 6.92 Å². The van der Waals surface area contributed by atoms with Crippen LogP contribution in [0.4, 0.5) is 8.78 Å². The Balaban J connectivity index is 2.80.